The second-order valence-corrected chi connectivity index (χ2v) is 5.99. The van der Waals surface area contributed by atoms with Gasteiger partial charge in [-0.25, -0.2) is 0 Å². The van der Waals surface area contributed by atoms with Gasteiger partial charge in [-0.05, 0) is 52.9 Å². The van der Waals surface area contributed by atoms with Gasteiger partial charge in [-0.1, -0.05) is 55.5 Å². The smallest absolute Gasteiger partial charge is 0.122 e. The summed E-state index contributed by atoms with van der Waals surface area (Å²) < 4.78 is 5.52. The second-order valence-electron chi connectivity index (χ2n) is 5.99. The molecule has 1 atom stereocenters. The van der Waals surface area contributed by atoms with E-state index >= 15 is 0 Å². The van der Waals surface area contributed by atoms with Gasteiger partial charge in [0.2, 0.25) is 0 Å². The summed E-state index contributed by atoms with van der Waals surface area (Å²) in [7, 11) is 1.74. The maximum absolute atomic E-state index is 5.52. The molecule has 1 heteroatoms. The number of benzene rings is 3. The van der Waals surface area contributed by atoms with Gasteiger partial charge in [0.15, 0.2) is 0 Å². The van der Waals surface area contributed by atoms with E-state index in [9.17, 15) is 0 Å². The largest absolute Gasteiger partial charge is 0.496 e. The van der Waals surface area contributed by atoms with Gasteiger partial charge in [-0.15, -0.1) is 0 Å². The number of methoxy groups -OCH3 is 1. The Morgan fingerprint density at radius 2 is 1.55 bits per heavy atom. The molecule has 0 bridgehead atoms. The maximum atomic E-state index is 5.52. The Bertz CT molecular complexity index is 817. The summed E-state index contributed by atoms with van der Waals surface area (Å²) in [5, 5.41) is 2.58. The molecule has 0 amide bonds. The van der Waals surface area contributed by atoms with Crippen LogP contribution in [0.5, 0.6) is 5.75 Å². The van der Waals surface area contributed by atoms with Crippen molar-refractivity contribution in [1.29, 1.82) is 0 Å². The highest BCUT2D eigenvalue weighted by Crippen LogP contribution is 2.32. The van der Waals surface area contributed by atoms with Crippen LogP contribution in [-0.4, -0.2) is 7.11 Å². The van der Waals surface area contributed by atoms with Gasteiger partial charge in [0, 0.05) is 5.92 Å². The lowest BCUT2D eigenvalue weighted by Crippen LogP contribution is -2.00. The average Bonchev–Trinajstić information content (AvgIpc) is 2.56. The van der Waals surface area contributed by atoms with E-state index in [-0.39, 0.29) is 0 Å². The minimum Gasteiger partial charge on any atom is -0.496 e. The Hall–Kier alpha value is -2.28. The summed E-state index contributed by atoms with van der Waals surface area (Å²) in [6, 6.07) is 19.7. The second kappa shape index (κ2) is 5.84. The quantitative estimate of drug-likeness (QED) is 0.608. The van der Waals surface area contributed by atoms with Crippen LogP contribution in [0.25, 0.3) is 10.8 Å². The van der Waals surface area contributed by atoms with Crippen LogP contribution in [-0.2, 0) is 0 Å². The lowest BCUT2D eigenvalue weighted by atomic mass is 9.89. The van der Waals surface area contributed by atoms with Crippen molar-refractivity contribution in [3.05, 3.63) is 76.9 Å². The van der Waals surface area contributed by atoms with Gasteiger partial charge in [-0.2, -0.15) is 0 Å². The van der Waals surface area contributed by atoms with Gasteiger partial charge in [0.1, 0.15) is 5.75 Å². The first-order valence-electron chi connectivity index (χ1n) is 7.74. The molecule has 0 N–H and O–H groups in total. The number of aryl methyl sites for hydroxylation is 1. The van der Waals surface area contributed by atoms with E-state index in [4.69, 9.17) is 4.74 Å². The number of rotatable bonds is 3. The third kappa shape index (κ3) is 2.59. The van der Waals surface area contributed by atoms with Gasteiger partial charge in [-0.3, -0.25) is 0 Å². The summed E-state index contributed by atoms with van der Waals surface area (Å²) in [6.45, 7) is 6.51. The van der Waals surface area contributed by atoms with Gasteiger partial charge >= 0.3 is 0 Å². The van der Waals surface area contributed by atoms with Crippen molar-refractivity contribution >= 4 is 10.8 Å². The van der Waals surface area contributed by atoms with Crippen LogP contribution in [0, 0.1) is 13.8 Å². The number of ether oxygens (including phenoxy) is 1. The minimum absolute atomic E-state index is 0.345. The Morgan fingerprint density at radius 3 is 2.27 bits per heavy atom. The van der Waals surface area contributed by atoms with E-state index < -0.39 is 0 Å². The molecule has 3 aromatic rings. The highest BCUT2D eigenvalue weighted by Gasteiger charge is 2.13. The molecule has 0 aliphatic rings. The Labute approximate surface area is 132 Å². The summed E-state index contributed by atoms with van der Waals surface area (Å²) >= 11 is 0. The molecular weight excluding hydrogens is 268 g/mol. The maximum Gasteiger partial charge on any atom is 0.122 e. The third-order valence-corrected chi connectivity index (χ3v) is 4.64. The van der Waals surface area contributed by atoms with Crippen LogP contribution >= 0.6 is 0 Å². The van der Waals surface area contributed by atoms with Crippen LogP contribution in [0.3, 0.4) is 0 Å². The van der Waals surface area contributed by atoms with Crippen molar-refractivity contribution in [3.8, 4) is 5.75 Å². The zero-order chi connectivity index (χ0) is 15.7. The highest BCUT2D eigenvalue weighted by atomic mass is 16.5. The Morgan fingerprint density at radius 1 is 0.818 bits per heavy atom. The molecular formula is C21H22O. The van der Waals surface area contributed by atoms with Crippen LogP contribution in [0.2, 0.25) is 0 Å². The van der Waals surface area contributed by atoms with Crippen LogP contribution in [0.4, 0.5) is 0 Å². The fourth-order valence-electron chi connectivity index (χ4n) is 2.99. The van der Waals surface area contributed by atoms with E-state index in [1.807, 2.05) is 0 Å². The van der Waals surface area contributed by atoms with E-state index in [0.29, 0.717) is 5.92 Å². The zero-order valence-corrected chi connectivity index (χ0v) is 13.7. The predicted molar refractivity (Wildman–Crippen MR) is 93.9 cm³/mol. The molecule has 1 unspecified atom stereocenters. The monoisotopic (exact) mass is 290 g/mol. The number of hydrogen-bond donors (Lipinski definition) is 0. The Kier molecular flexibility index (Phi) is 3.89. The first kappa shape index (κ1) is 14.6. The number of fused-ring (bicyclic) bond motifs is 1. The lowest BCUT2D eigenvalue weighted by Gasteiger charge is -2.17. The summed E-state index contributed by atoms with van der Waals surface area (Å²) in [5.74, 6) is 1.32. The van der Waals surface area contributed by atoms with Crippen LogP contribution in [0.15, 0.2) is 54.6 Å². The molecule has 0 radical (unpaired) electrons. The van der Waals surface area contributed by atoms with Crippen LogP contribution < -0.4 is 4.74 Å². The van der Waals surface area contributed by atoms with E-state index in [1.165, 1.54) is 33.0 Å². The van der Waals surface area contributed by atoms with Crippen molar-refractivity contribution in [1.82, 2.24) is 0 Å². The molecule has 112 valence electrons. The molecule has 3 rings (SSSR count). The minimum atomic E-state index is 0.345. The fourth-order valence-corrected chi connectivity index (χ4v) is 2.99. The summed E-state index contributed by atoms with van der Waals surface area (Å²) in [6.07, 6.45) is 0. The van der Waals surface area contributed by atoms with Crippen molar-refractivity contribution in [2.75, 3.05) is 7.11 Å². The Balaban J connectivity index is 2.05. The summed E-state index contributed by atoms with van der Waals surface area (Å²) in [4.78, 5) is 0. The fraction of sp³-hybridized carbons (Fsp3) is 0.238. The molecule has 0 aliphatic carbocycles. The van der Waals surface area contributed by atoms with Crippen molar-refractivity contribution in [3.63, 3.8) is 0 Å². The normalized spacial score (nSPS) is 12.4. The van der Waals surface area contributed by atoms with Gasteiger partial charge in [0.25, 0.3) is 0 Å². The molecule has 0 spiro atoms. The van der Waals surface area contributed by atoms with E-state index in [1.54, 1.807) is 7.11 Å². The third-order valence-electron chi connectivity index (χ3n) is 4.64. The molecule has 0 heterocycles. The standard InChI is InChI=1S/C21H22O/c1-14-11-20(13-21(22-4)15(14)2)16(3)18-10-9-17-7-5-6-8-19(17)12-18/h5-13,16H,1-4H3. The molecule has 22 heavy (non-hydrogen) atoms. The first-order valence-corrected chi connectivity index (χ1v) is 7.74. The molecule has 0 aliphatic heterocycles. The highest BCUT2D eigenvalue weighted by molar-refractivity contribution is 5.83. The molecule has 0 saturated heterocycles. The van der Waals surface area contributed by atoms with Crippen molar-refractivity contribution < 1.29 is 4.74 Å². The van der Waals surface area contributed by atoms with Gasteiger partial charge in [0.05, 0.1) is 7.11 Å². The predicted octanol–water partition coefficient (Wildman–Crippen LogP) is 5.62. The topological polar surface area (TPSA) is 9.23 Å². The lowest BCUT2D eigenvalue weighted by molar-refractivity contribution is 0.410. The van der Waals surface area contributed by atoms with E-state index in [2.05, 4.69) is 75.4 Å². The molecule has 0 fully saturated rings. The molecule has 1 nitrogen and oxygen atoms in total. The molecule has 0 saturated carbocycles. The van der Waals surface area contributed by atoms with E-state index in [0.717, 1.165) is 5.75 Å². The summed E-state index contributed by atoms with van der Waals surface area (Å²) in [5.41, 5.74) is 5.14. The first-order chi connectivity index (χ1) is 10.6. The number of hydrogen-bond acceptors (Lipinski definition) is 1. The zero-order valence-electron chi connectivity index (χ0n) is 13.7. The average molecular weight is 290 g/mol. The van der Waals surface area contributed by atoms with Crippen molar-refractivity contribution in [2.24, 2.45) is 0 Å². The molecule has 3 aromatic carbocycles. The van der Waals surface area contributed by atoms with Gasteiger partial charge < -0.3 is 4.74 Å². The molecule has 0 aromatic heterocycles. The SMILES string of the molecule is COc1cc(C(C)c2ccc3ccccc3c2)cc(C)c1C. The van der Waals surface area contributed by atoms with Crippen molar-refractivity contribution in [2.45, 2.75) is 26.7 Å². The van der Waals surface area contributed by atoms with Crippen LogP contribution in [0.1, 0.15) is 35.1 Å².